The van der Waals surface area contributed by atoms with Gasteiger partial charge in [-0.1, -0.05) is 51.5 Å². The molecule has 5 atom stereocenters. The van der Waals surface area contributed by atoms with Gasteiger partial charge in [-0.25, -0.2) is 26.9 Å². The third-order valence-corrected chi connectivity index (χ3v) is 14.3. The predicted octanol–water partition coefficient (Wildman–Crippen LogP) is 5.93. The molecular weight excluding hydrogens is 709 g/mol. The van der Waals surface area contributed by atoms with E-state index in [1.807, 2.05) is 45.0 Å². The number of aliphatic carboxylic acids is 1. The number of benzene rings is 2. The number of hydrogen-bond donors (Lipinski definition) is 3. The number of rotatable bonds is 4. The molecule has 14 heteroatoms. The summed E-state index contributed by atoms with van der Waals surface area (Å²) in [5, 5.41) is 13.8. The van der Waals surface area contributed by atoms with Gasteiger partial charge in [-0.2, -0.15) is 5.10 Å². The number of nitrogens with two attached hydrogens (primary N) is 1. The molecule has 1 aliphatic carbocycles. The number of H-pyrrole nitrogens is 1. The lowest BCUT2D eigenvalue weighted by Crippen LogP contribution is -2.40. The SMILES string of the molecule is C[C@H](Cc1cccc([C@@]2(C)CCCC(C)(C)CS(=O)(=O)CCc3c(c(F)cc4[nH]ccc34)[S+]([O-])C3C=C(C(F)=CC3N)c3nc2nn3C)c1)C(=O)O. The summed E-state index contributed by atoms with van der Waals surface area (Å²) in [6.07, 6.45) is 6.06. The van der Waals surface area contributed by atoms with Crippen molar-refractivity contribution in [3.63, 3.8) is 0 Å². The first-order valence-electron chi connectivity index (χ1n) is 17.4. The topological polar surface area (TPSA) is 167 Å². The first-order chi connectivity index (χ1) is 24.4. The Kier molecular flexibility index (Phi) is 10.3. The van der Waals surface area contributed by atoms with Crippen molar-refractivity contribution in [1.29, 1.82) is 0 Å². The van der Waals surface area contributed by atoms with Crippen molar-refractivity contribution >= 4 is 43.5 Å². The van der Waals surface area contributed by atoms with Crippen LogP contribution in [0.1, 0.15) is 75.3 Å². The van der Waals surface area contributed by atoms with Gasteiger partial charge < -0.3 is 20.4 Å². The van der Waals surface area contributed by atoms with Crippen LogP contribution in [-0.4, -0.2) is 66.6 Å². The maximum atomic E-state index is 16.0. The highest BCUT2D eigenvalue weighted by molar-refractivity contribution is 7.92. The van der Waals surface area contributed by atoms with Crippen LogP contribution in [0.4, 0.5) is 8.78 Å². The van der Waals surface area contributed by atoms with Gasteiger partial charge in [0.1, 0.15) is 5.83 Å². The minimum Gasteiger partial charge on any atom is -0.611 e. The van der Waals surface area contributed by atoms with Gasteiger partial charge in [0, 0.05) is 35.8 Å². The molecule has 10 nitrogen and oxygen atoms in total. The Bertz CT molecular complexity index is 2190. The number of aryl methyl sites for hydroxylation is 2. The number of nitrogens with one attached hydrogen (secondary N) is 1. The molecule has 0 fully saturated rings. The van der Waals surface area contributed by atoms with Crippen molar-refractivity contribution in [3.05, 3.63) is 94.7 Å². The van der Waals surface area contributed by atoms with Gasteiger partial charge >= 0.3 is 5.97 Å². The van der Waals surface area contributed by atoms with Gasteiger partial charge in [-0.3, -0.25) is 4.79 Å². The van der Waals surface area contributed by atoms with Crippen LogP contribution in [0.15, 0.2) is 65.5 Å². The van der Waals surface area contributed by atoms with Crippen LogP contribution in [-0.2, 0) is 51.1 Å². The number of sulfone groups is 1. The number of aromatic nitrogens is 4. The minimum atomic E-state index is -3.68. The number of aromatic amines is 1. The lowest BCUT2D eigenvalue weighted by atomic mass is 9.75. The lowest BCUT2D eigenvalue weighted by Gasteiger charge is -2.31. The number of carboxylic acids is 1. The number of carboxylic acid groups (broad SMARTS) is 1. The van der Waals surface area contributed by atoms with Gasteiger partial charge in [-0.05, 0) is 78.5 Å². The van der Waals surface area contributed by atoms with Crippen molar-refractivity contribution in [2.75, 3.05) is 11.5 Å². The van der Waals surface area contributed by atoms with E-state index in [1.54, 1.807) is 26.2 Å². The smallest absolute Gasteiger partial charge is 0.306 e. The molecule has 0 radical (unpaired) electrons. The summed E-state index contributed by atoms with van der Waals surface area (Å²) in [4.78, 5) is 19.4. The van der Waals surface area contributed by atoms with Gasteiger partial charge in [0.25, 0.3) is 0 Å². The van der Waals surface area contributed by atoms with Crippen molar-refractivity contribution in [1.82, 2.24) is 19.7 Å². The fourth-order valence-corrected chi connectivity index (χ4v) is 11.2. The van der Waals surface area contributed by atoms with Crippen LogP contribution in [0.25, 0.3) is 16.5 Å². The third-order valence-electron chi connectivity index (χ3n) is 10.5. The summed E-state index contributed by atoms with van der Waals surface area (Å²) in [6, 6.07) is 9.47. The van der Waals surface area contributed by atoms with Crippen LogP contribution in [0.2, 0.25) is 0 Å². The Morgan fingerprint density at radius 3 is 2.67 bits per heavy atom. The van der Waals surface area contributed by atoms with E-state index in [9.17, 15) is 22.9 Å². The number of nitrogens with zero attached hydrogens (tertiary/aromatic N) is 3. The molecule has 3 unspecified atom stereocenters. The van der Waals surface area contributed by atoms with Crippen molar-refractivity contribution in [2.24, 2.45) is 24.1 Å². The van der Waals surface area contributed by atoms with Crippen LogP contribution in [0, 0.1) is 17.2 Å². The zero-order chi connectivity index (χ0) is 37.7. The minimum absolute atomic E-state index is 0.0159. The molecule has 4 bridgehead atoms. The molecule has 0 amide bonds. The van der Waals surface area contributed by atoms with Crippen LogP contribution in [0.3, 0.4) is 0 Å². The summed E-state index contributed by atoms with van der Waals surface area (Å²) in [7, 11) is -2.04. The Morgan fingerprint density at radius 1 is 1.19 bits per heavy atom. The molecule has 0 saturated carbocycles. The van der Waals surface area contributed by atoms with E-state index >= 15 is 8.78 Å². The standard InChI is InChI=1S/C38H45F2N5O5S2/c1-22(35(46)47)16-23-8-6-9-24(17-23)38(4)13-7-12-37(2,3)21-52(49,50)15-11-26-25-10-14-42-31(25)20-29(40)33(26)51(48)32-18-27(28(39)19-30(32)41)34-43-36(38)44-45(34)5/h6,8-10,14,17-20,22,30,32,42H,7,11-13,15-16,21,41H2,1-5H3,(H,46,47)/t22-,30?,32?,38-,51?/m1/s1. The Hall–Kier alpha value is -3.85. The monoisotopic (exact) mass is 753 g/mol. The molecule has 4 aromatic rings. The number of carbonyl (C=O) groups is 1. The summed E-state index contributed by atoms with van der Waals surface area (Å²) in [6.45, 7) is 7.44. The largest absolute Gasteiger partial charge is 0.611 e. The number of fused-ring (bicyclic) bond motifs is 7. The first kappa shape index (κ1) is 37.9. The highest BCUT2D eigenvalue weighted by Crippen LogP contribution is 2.41. The second-order valence-corrected chi connectivity index (χ2v) is 19.0. The average molecular weight is 754 g/mol. The molecule has 1 aliphatic heterocycles. The molecule has 0 spiro atoms. The molecule has 2 aromatic heterocycles. The molecule has 3 heterocycles. The Morgan fingerprint density at radius 2 is 1.94 bits per heavy atom. The summed E-state index contributed by atoms with van der Waals surface area (Å²) >= 11 is -2.16. The van der Waals surface area contributed by atoms with Crippen molar-refractivity contribution in [2.45, 2.75) is 81.4 Å². The van der Waals surface area contributed by atoms with Gasteiger partial charge in [0.15, 0.2) is 37.4 Å². The highest BCUT2D eigenvalue weighted by atomic mass is 32.2. The predicted molar refractivity (Wildman–Crippen MR) is 198 cm³/mol. The van der Waals surface area contributed by atoms with Crippen LogP contribution < -0.4 is 5.73 Å². The second kappa shape index (κ2) is 14.2. The van der Waals surface area contributed by atoms with Gasteiger partial charge in [0.2, 0.25) is 0 Å². The summed E-state index contributed by atoms with van der Waals surface area (Å²) in [5.74, 6) is -2.81. The second-order valence-electron chi connectivity index (χ2n) is 15.3. The lowest BCUT2D eigenvalue weighted by molar-refractivity contribution is -0.141. The van der Waals surface area contributed by atoms with E-state index < -0.39 is 66.7 Å². The molecule has 52 heavy (non-hydrogen) atoms. The molecule has 6 rings (SSSR count). The van der Waals surface area contributed by atoms with Crippen LogP contribution >= 0.6 is 0 Å². The fraction of sp³-hybridized carbons (Fsp3) is 0.447. The zero-order valence-corrected chi connectivity index (χ0v) is 31.6. The molecule has 2 aromatic carbocycles. The average Bonchev–Trinajstić information content (AvgIpc) is 3.69. The summed E-state index contributed by atoms with van der Waals surface area (Å²) < 4.78 is 75.2. The first-order valence-corrected chi connectivity index (χ1v) is 20.4. The van der Waals surface area contributed by atoms with Crippen molar-refractivity contribution in [3.8, 4) is 0 Å². The van der Waals surface area contributed by atoms with E-state index in [2.05, 4.69) is 4.98 Å². The van der Waals surface area contributed by atoms with E-state index in [4.69, 9.17) is 15.8 Å². The van der Waals surface area contributed by atoms with Gasteiger partial charge in [0.05, 0.1) is 34.5 Å². The highest BCUT2D eigenvalue weighted by Gasteiger charge is 2.40. The number of halogens is 2. The van der Waals surface area contributed by atoms with E-state index in [0.717, 1.165) is 17.2 Å². The van der Waals surface area contributed by atoms with Crippen molar-refractivity contribution < 1.29 is 31.7 Å². The quantitative estimate of drug-likeness (QED) is 0.216. The van der Waals surface area contributed by atoms with Gasteiger partial charge in [-0.15, -0.1) is 0 Å². The molecular formula is C38H45F2N5O5S2. The fourth-order valence-electron chi connectivity index (χ4n) is 7.56. The summed E-state index contributed by atoms with van der Waals surface area (Å²) in [5.41, 5.74) is 7.32. The molecule has 278 valence electrons. The normalized spacial score (nSPS) is 25.7. The van der Waals surface area contributed by atoms with E-state index in [-0.39, 0.29) is 34.2 Å². The zero-order valence-electron chi connectivity index (χ0n) is 29.9. The number of allylic oxidation sites excluding steroid dienone is 2. The number of hydrogen-bond acceptors (Lipinski definition) is 7. The maximum Gasteiger partial charge on any atom is 0.306 e. The van der Waals surface area contributed by atoms with E-state index in [1.165, 1.54) is 16.8 Å². The molecule has 0 saturated heterocycles. The Labute approximate surface area is 305 Å². The van der Waals surface area contributed by atoms with E-state index in [0.29, 0.717) is 48.0 Å². The Balaban J connectivity index is 1.52. The van der Waals surface area contributed by atoms with Crippen LogP contribution in [0.5, 0.6) is 0 Å². The molecule has 2 aliphatic rings. The maximum absolute atomic E-state index is 16.0. The molecule has 4 N–H and O–H groups in total. The third kappa shape index (κ3) is 7.48.